The molecule has 1 unspecified atom stereocenters. The molecule has 0 amide bonds. The third-order valence-corrected chi connectivity index (χ3v) is 5.14. The van der Waals surface area contributed by atoms with E-state index in [1.165, 1.54) is 21.2 Å². The molecule has 0 aliphatic rings. The fourth-order valence-electron chi connectivity index (χ4n) is 2.45. The molecule has 0 saturated heterocycles. The Morgan fingerprint density at radius 3 is 2.57 bits per heavy atom. The van der Waals surface area contributed by atoms with E-state index in [1.807, 2.05) is 0 Å². The van der Waals surface area contributed by atoms with Crippen LogP contribution in [-0.4, -0.2) is 6.54 Å². The van der Waals surface area contributed by atoms with Gasteiger partial charge in [-0.15, -0.1) is 0 Å². The highest BCUT2D eigenvalue weighted by molar-refractivity contribution is 9.10. The molecule has 2 aromatic rings. The van der Waals surface area contributed by atoms with Crippen LogP contribution >= 0.6 is 31.9 Å². The minimum absolute atomic E-state index is 0.327. The lowest BCUT2D eigenvalue weighted by atomic mass is 9.97. The van der Waals surface area contributed by atoms with Gasteiger partial charge in [-0.1, -0.05) is 69.1 Å². The average molecular weight is 411 g/mol. The largest absolute Gasteiger partial charge is 0.310 e. The van der Waals surface area contributed by atoms with E-state index in [2.05, 4.69) is 93.5 Å². The third-order valence-electron chi connectivity index (χ3n) is 3.57. The van der Waals surface area contributed by atoms with E-state index in [1.54, 1.807) is 0 Å². The van der Waals surface area contributed by atoms with E-state index >= 15 is 0 Å². The van der Waals surface area contributed by atoms with Crippen LogP contribution in [0.4, 0.5) is 0 Å². The summed E-state index contributed by atoms with van der Waals surface area (Å²) in [6.07, 6.45) is 2.12. The minimum atomic E-state index is 0.327. The third kappa shape index (κ3) is 4.67. The Bertz CT molecular complexity index is 596. The van der Waals surface area contributed by atoms with Crippen molar-refractivity contribution in [3.63, 3.8) is 0 Å². The summed E-state index contributed by atoms with van der Waals surface area (Å²) >= 11 is 7.31. The maximum atomic E-state index is 3.75. The fourth-order valence-corrected chi connectivity index (χ4v) is 3.44. The number of benzene rings is 2. The number of rotatable bonds is 6. The summed E-state index contributed by atoms with van der Waals surface area (Å²) in [5.41, 5.74) is 3.96. The minimum Gasteiger partial charge on any atom is -0.310 e. The smallest absolute Gasteiger partial charge is 0.0372 e. The zero-order chi connectivity index (χ0) is 15.2. The molecule has 0 aliphatic heterocycles. The van der Waals surface area contributed by atoms with E-state index in [0.29, 0.717) is 6.04 Å². The molecule has 0 fully saturated rings. The molecule has 0 bridgehead atoms. The molecule has 0 saturated carbocycles. The van der Waals surface area contributed by atoms with E-state index in [0.717, 1.165) is 23.9 Å². The number of nitrogens with one attached hydrogen (secondary N) is 1. The molecule has 0 aliphatic carbocycles. The standard InChI is InChI=1S/C18H21Br2N/c1-3-10-21-17(12-14-7-5-8-15(19)11-14)16-9-4-6-13(2)18(16)20/h4-9,11,17,21H,3,10,12H2,1-2H3. The molecular weight excluding hydrogens is 390 g/mol. The van der Waals surface area contributed by atoms with Crippen molar-refractivity contribution >= 4 is 31.9 Å². The van der Waals surface area contributed by atoms with Gasteiger partial charge in [-0.3, -0.25) is 0 Å². The maximum absolute atomic E-state index is 3.75. The summed E-state index contributed by atoms with van der Waals surface area (Å²) < 4.78 is 2.35. The van der Waals surface area contributed by atoms with Crippen molar-refractivity contribution in [3.8, 4) is 0 Å². The Labute approximate surface area is 144 Å². The molecule has 2 aromatic carbocycles. The summed E-state index contributed by atoms with van der Waals surface area (Å²) in [5.74, 6) is 0. The quantitative estimate of drug-likeness (QED) is 0.634. The van der Waals surface area contributed by atoms with Gasteiger partial charge in [0.1, 0.15) is 0 Å². The van der Waals surface area contributed by atoms with Gasteiger partial charge in [0.15, 0.2) is 0 Å². The van der Waals surface area contributed by atoms with Crippen molar-refractivity contribution in [2.24, 2.45) is 0 Å². The number of halogens is 2. The molecule has 21 heavy (non-hydrogen) atoms. The molecule has 2 rings (SSSR count). The Balaban J connectivity index is 2.27. The van der Waals surface area contributed by atoms with Crippen LogP contribution in [0.15, 0.2) is 51.4 Å². The topological polar surface area (TPSA) is 12.0 Å². The molecule has 1 N–H and O–H groups in total. The molecule has 112 valence electrons. The van der Waals surface area contributed by atoms with E-state index in [-0.39, 0.29) is 0 Å². The first-order valence-corrected chi connectivity index (χ1v) is 8.93. The second kappa shape index (κ2) is 8.11. The lowest BCUT2D eigenvalue weighted by Crippen LogP contribution is -2.24. The van der Waals surface area contributed by atoms with E-state index < -0.39 is 0 Å². The van der Waals surface area contributed by atoms with Gasteiger partial charge in [0, 0.05) is 15.0 Å². The highest BCUT2D eigenvalue weighted by Crippen LogP contribution is 2.29. The summed E-state index contributed by atoms with van der Waals surface area (Å²) in [4.78, 5) is 0. The van der Waals surface area contributed by atoms with Crippen LogP contribution in [0.3, 0.4) is 0 Å². The maximum Gasteiger partial charge on any atom is 0.0372 e. The Hall–Kier alpha value is -0.640. The highest BCUT2D eigenvalue weighted by Gasteiger charge is 2.15. The van der Waals surface area contributed by atoms with Crippen LogP contribution < -0.4 is 5.32 Å². The predicted octanol–water partition coefficient (Wildman–Crippen LogP) is 5.80. The molecule has 0 heterocycles. The van der Waals surface area contributed by atoms with Gasteiger partial charge in [-0.2, -0.15) is 0 Å². The van der Waals surface area contributed by atoms with Crippen LogP contribution in [0.1, 0.15) is 36.1 Å². The van der Waals surface area contributed by atoms with Crippen molar-refractivity contribution in [1.82, 2.24) is 5.32 Å². The SMILES string of the molecule is CCCNC(Cc1cccc(Br)c1)c1cccc(C)c1Br. The molecule has 0 spiro atoms. The van der Waals surface area contributed by atoms with Crippen LogP contribution in [0, 0.1) is 6.92 Å². The molecule has 3 heteroatoms. The zero-order valence-corrected chi connectivity index (χ0v) is 15.7. The number of aryl methyl sites for hydroxylation is 1. The first-order valence-electron chi connectivity index (χ1n) is 7.34. The van der Waals surface area contributed by atoms with Gasteiger partial charge in [-0.05, 0) is 55.1 Å². The first-order chi connectivity index (χ1) is 10.1. The first kappa shape index (κ1) is 16.7. The van der Waals surface area contributed by atoms with E-state index in [4.69, 9.17) is 0 Å². The summed E-state index contributed by atoms with van der Waals surface area (Å²) in [7, 11) is 0. The summed E-state index contributed by atoms with van der Waals surface area (Å²) in [6, 6.07) is 15.4. The van der Waals surface area contributed by atoms with Crippen molar-refractivity contribution < 1.29 is 0 Å². The Kier molecular flexibility index (Phi) is 6.46. The van der Waals surface area contributed by atoms with Gasteiger partial charge in [0.25, 0.3) is 0 Å². The monoisotopic (exact) mass is 409 g/mol. The molecule has 0 radical (unpaired) electrons. The Morgan fingerprint density at radius 1 is 1.10 bits per heavy atom. The van der Waals surface area contributed by atoms with Crippen LogP contribution in [0.5, 0.6) is 0 Å². The fraction of sp³-hybridized carbons (Fsp3) is 0.333. The number of hydrogen-bond donors (Lipinski definition) is 1. The molecule has 1 nitrogen and oxygen atoms in total. The summed E-state index contributed by atoms with van der Waals surface area (Å²) in [5, 5.41) is 3.68. The van der Waals surface area contributed by atoms with Crippen molar-refractivity contribution in [3.05, 3.63) is 68.1 Å². The molecule has 0 aromatic heterocycles. The predicted molar refractivity (Wildman–Crippen MR) is 97.8 cm³/mol. The second-order valence-electron chi connectivity index (χ2n) is 5.32. The van der Waals surface area contributed by atoms with Crippen LogP contribution in [0.25, 0.3) is 0 Å². The Morgan fingerprint density at radius 2 is 1.86 bits per heavy atom. The van der Waals surface area contributed by atoms with Crippen LogP contribution in [0.2, 0.25) is 0 Å². The van der Waals surface area contributed by atoms with Gasteiger partial charge >= 0.3 is 0 Å². The van der Waals surface area contributed by atoms with Crippen LogP contribution in [-0.2, 0) is 6.42 Å². The zero-order valence-electron chi connectivity index (χ0n) is 12.5. The average Bonchev–Trinajstić information content (AvgIpc) is 2.47. The number of hydrogen-bond acceptors (Lipinski definition) is 1. The van der Waals surface area contributed by atoms with Gasteiger partial charge < -0.3 is 5.32 Å². The summed E-state index contributed by atoms with van der Waals surface area (Å²) in [6.45, 7) is 5.37. The highest BCUT2D eigenvalue weighted by atomic mass is 79.9. The van der Waals surface area contributed by atoms with Gasteiger partial charge in [-0.25, -0.2) is 0 Å². The molecular formula is C18H21Br2N. The lowest BCUT2D eigenvalue weighted by molar-refractivity contribution is 0.527. The second-order valence-corrected chi connectivity index (χ2v) is 7.03. The van der Waals surface area contributed by atoms with Gasteiger partial charge in [0.05, 0.1) is 0 Å². The lowest BCUT2D eigenvalue weighted by Gasteiger charge is -2.21. The normalized spacial score (nSPS) is 12.4. The van der Waals surface area contributed by atoms with Crippen molar-refractivity contribution in [1.29, 1.82) is 0 Å². The molecule has 1 atom stereocenters. The van der Waals surface area contributed by atoms with Crippen molar-refractivity contribution in [2.45, 2.75) is 32.7 Å². The van der Waals surface area contributed by atoms with Gasteiger partial charge in [0.2, 0.25) is 0 Å². The van der Waals surface area contributed by atoms with Crippen molar-refractivity contribution in [2.75, 3.05) is 6.54 Å². The van der Waals surface area contributed by atoms with E-state index in [9.17, 15) is 0 Å².